The number of amides is 1. The van der Waals surface area contributed by atoms with Crippen LogP contribution in [-0.2, 0) is 16.1 Å². The number of aliphatic hydroxyl groups is 1. The smallest absolute Gasteiger partial charge is 0.262 e. The lowest BCUT2D eigenvalue weighted by Gasteiger charge is -2.37. The van der Waals surface area contributed by atoms with E-state index in [4.69, 9.17) is 23.2 Å². The van der Waals surface area contributed by atoms with Crippen molar-refractivity contribution in [2.75, 3.05) is 0 Å². The number of rotatable bonds is 3. The van der Waals surface area contributed by atoms with Crippen LogP contribution in [0.15, 0.2) is 36.5 Å². The Hall–Kier alpha value is -1.69. The van der Waals surface area contributed by atoms with Crippen molar-refractivity contribution < 1.29 is 14.3 Å². The van der Waals surface area contributed by atoms with E-state index in [0.29, 0.717) is 16.5 Å². The van der Waals surface area contributed by atoms with E-state index in [1.807, 2.05) is 6.07 Å². The largest absolute Gasteiger partial charge is 0.384 e. The van der Waals surface area contributed by atoms with Gasteiger partial charge < -0.3 is 10.4 Å². The highest BCUT2D eigenvalue weighted by molar-refractivity contribution is 6.35. The van der Waals surface area contributed by atoms with E-state index in [2.05, 4.69) is 10.3 Å². The van der Waals surface area contributed by atoms with Gasteiger partial charge in [-0.15, -0.1) is 0 Å². The number of halogens is 3. The number of hydrogen-bond donors (Lipinski definition) is 2. The summed E-state index contributed by atoms with van der Waals surface area (Å²) in [4.78, 5) is 16.9. The van der Waals surface area contributed by atoms with Crippen LogP contribution in [0.25, 0.3) is 0 Å². The monoisotopic (exact) mass is 408 g/mol. The lowest BCUT2D eigenvalue weighted by atomic mass is 9.75. The van der Waals surface area contributed by atoms with Crippen molar-refractivity contribution in [2.24, 2.45) is 0 Å². The second-order valence-corrected chi connectivity index (χ2v) is 8.41. The number of nitrogens with zero attached hydrogens (tertiary/aromatic N) is 1. The summed E-state index contributed by atoms with van der Waals surface area (Å²) in [6, 6.07) is 8.18. The summed E-state index contributed by atoms with van der Waals surface area (Å²) in [5.41, 5.74) is -2.19. The molecule has 4 atom stereocenters. The molecule has 27 heavy (non-hydrogen) atoms. The molecule has 1 fully saturated rings. The van der Waals surface area contributed by atoms with Gasteiger partial charge in [0.05, 0.1) is 5.69 Å². The highest BCUT2D eigenvalue weighted by Gasteiger charge is 2.52. The van der Waals surface area contributed by atoms with Crippen molar-refractivity contribution in [1.82, 2.24) is 10.3 Å². The van der Waals surface area contributed by atoms with Gasteiger partial charge >= 0.3 is 0 Å². The Kier molecular flexibility index (Phi) is 4.45. The van der Waals surface area contributed by atoms with Gasteiger partial charge in [-0.3, -0.25) is 9.78 Å². The van der Waals surface area contributed by atoms with Gasteiger partial charge in [0.25, 0.3) is 5.91 Å². The highest BCUT2D eigenvalue weighted by atomic mass is 35.5. The summed E-state index contributed by atoms with van der Waals surface area (Å²) >= 11 is 12.2. The minimum absolute atomic E-state index is 0.0439. The van der Waals surface area contributed by atoms with Crippen molar-refractivity contribution in [2.45, 2.75) is 49.4 Å². The van der Waals surface area contributed by atoms with Crippen molar-refractivity contribution in [1.29, 1.82) is 0 Å². The van der Waals surface area contributed by atoms with E-state index in [-0.39, 0.29) is 36.1 Å². The van der Waals surface area contributed by atoms with Crippen LogP contribution in [0.3, 0.4) is 0 Å². The Labute approximate surface area is 166 Å². The van der Waals surface area contributed by atoms with Crippen LogP contribution < -0.4 is 5.32 Å². The molecule has 1 saturated carbocycles. The minimum atomic E-state index is -2.21. The maximum Gasteiger partial charge on any atom is 0.262 e. The van der Waals surface area contributed by atoms with Gasteiger partial charge in [-0.1, -0.05) is 35.3 Å². The van der Waals surface area contributed by atoms with Crippen molar-refractivity contribution in [3.63, 3.8) is 0 Å². The summed E-state index contributed by atoms with van der Waals surface area (Å²) in [6.07, 6.45) is 2.22. The fraction of sp³-hybridized carbons (Fsp3) is 0.400. The number of nitrogens with one attached hydrogen (secondary N) is 1. The van der Waals surface area contributed by atoms with Crippen LogP contribution >= 0.6 is 23.2 Å². The molecule has 0 bridgehead atoms. The molecular weight excluding hydrogens is 390 g/mol. The molecule has 0 saturated heterocycles. The van der Waals surface area contributed by atoms with Crippen molar-refractivity contribution >= 4 is 29.1 Å². The maximum absolute atomic E-state index is 15.7. The first-order valence-electron chi connectivity index (χ1n) is 8.85. The first kappa shape index (κ1) is 18.7. The SMILES string of the molecule is C[C@]1(O)CC[C@@](F)(C(=O)N[C@@H]2C[C@H]2c2ccc(Cl)cc2Cl)c2cccnc21. The first-order valence-corrected chi connectivity index (χ1v) is 9.61. The van der Waals surface area contributed by atoms with Gasteiger partial charge in [-0.2, -0.15) is 0 Å². The number of carbonyl (C=O) groups is 1. The Balaban J connectivity index is 1.54. The molecule has 0 radical (unpaired) electrons. The van der Waals surface area contributed by atoms with E-state index < -0.39 is 17.2 Å². The average Bonchev–Trinajstić information content (AvgIpc) is 3.37. The number of pyridine rings is 1. The normalized spacial score (nSPS) is 31.9. The fourth-order valence-electron chi connectivity index (χ4n) is 3.84. The predicted octanol–water partition coefficient (Wildman–Crippen LogP) is 4.23. The van der Waals surface area contributed by atoms with Gasteiger partial charge in [0.1, 0.15) is 5.60 Å². The molecule has 1 aromatic heterocycles. The van der Waals surface area contributed by atoms with Gasteiger partial charge in [0.2, 0.25) is 5.67 Å². The van der Waals surface area contributed by atoms with Crippen LogP contribution in [0, 0.1) is 0 Å². The molecule has 142 valence electrons. The van der Waals surface area contributed by atoms with Crippen LogP contribution in [0.2, 0.25) is 10.0 Å². The fourth-order valence-corrected chi connectivity index (χ4v) is 4.39. The lowest BCUT2D eigenvalue weighted by Crippen LogP contribution is -2.48. The van der Waals surface area contributed by atoms with Crippen LogP contribution in [0.4, 0.5) is 4.39 Å². The predicted molar refractivity (Wildman–Crippen MR) is 102 cm³/mol. The van der Waals surface area contributed by atoms with Gasteiger partial charge in [-0.25, -0.2) is 4.39 Å². The molecule has 1 aromatic carbocycles. The first-order chi connectivity index (χ1) is 12.7. The van der Waals surface area contributed by atoms with E-state index in [1.54, 1.807) is 25.1 Å². The van der Waals surface area contributed by atoms with E-state index >= 15 is 4.39 Å². The summed E-state index contributed by atoms with van der Waals surface area (Å²) in [7, 11) is 0. The zero-order valence-corrected chi connectivity index (χ0v) is 16.2. The topological polar surface area (TPSA) is 62.2 Å². The zero-order valence-electron chi connectivity index (χ0n) is 14.7. The molecule has 2 aliphatic carbocycles. The number of benzene rings is 1. The van der Waals surface area contributed by atoms with Gasteiger partial charge in [-0.05, 0) is 49.9 Å². The molecule has 1 heterocycles. The van der Waals surface area contributed by atoms with Crippen molar-refractivity contribution in [3.8, 4) is 0 Å². The second kappa shape index (κ2) is 6.43. The molecule has 4 nitrogen and oxygen atoms in total. The third-order valence-electron chi connectivity index (χ3n) is 5.53. The number of alkyl halides is 1. The standard InChI is InChI=1S/C20H19Cl2FN2O2/c1-19(27)6-7-20(23,14-3-2-8-24-17(14)19)18(26)25-16-10-13(16)12-5-4-11(21)9-15(12)22/h2-5,8-9,13,16,27H,6-7,10H2,1H3,(H,25,26)/t13-,16+,19-,20-/m0/s1. The maximum atomic E-state index is 15.7. The number of aromatic nitrogens is 1. The summed E-state index contributed by atoms with van der Waals surface area (Å²) in [5, 5.41) is 14.4. The highest BCUT2D eigenvalue weighted by Crippen LogP contribution is 2.48. The van der Waals surface area contributed by atoms with E-state index in [9.17, 15) is 9.90 Å². The Morgan fingerprint density at radius 2 is 2.11 bits per heavy atom. The minimum Gasteiger partial charge on any atom is -0.384 e. The molecule has 0 aliphatic heterocycles. The summed E-state index contributed by atoms with van der Waals surface area (Å²) < 4.78 is 15.7. The quantitative estimate of drug-likeness (QED) is 0.798. The Bertz CT molecular complexity index is 921. The van der Waals surface area contributed by atoms with E-state index in [1.165, 1.54) is 12.3 Å². The summed E-state index contributed by atoms with van der Waals surface area (Å²) in [6.45, 7) is 1.59. The molecule has 2 aliphatic rings. The number of hydrogen-bond acceptors (Lipinski definition) is 3. The second-order valence-electron chi connectivity index (χ2n) is 7.56. The van der Waals surface area contributed by atoms with Crippen LogP contribution in [0.1, 0.15) is 48.9 Å². The molecule has 4 rings (SSSR count). The van der Waals surface area contributed by atoms with E-state index in [0.717, 1.165) is 5.56 Å². The van der Waals surface area contributed by atoms with Gasteiger partial charge in [0, 0.05) is 33.8 Å². The zero-order chi connectivity index (χ0) is 19.4. The number of fused-ring (bicyclic) bond motifs is 1. The molecule has 0 unspecified atom stereocenters. The Morgan fingerprint density at radius 1 is 1.33 bits per heavy atom. The van der Waals surface area contributed by atoms with Gasteiger partial charge in [0.15, 0.2) is 0 Å². The van der Waals surface area contributed by atoms with Crippen LogP contribution in [-0.4, -0.2) is 22.0 Å². The lowest BCUT2D eigenvalue weighted by molar-refractivity contribution is -0.136. The third kappa shape index (κ3) is 3.22. The Morgan fingerprint density at radius 3 is 2.85 bits per heavy atom. The molecule has 0 spiro atoms. The summed E-state index contributed by atoms with van der Waals surface area (Å²) in [5.74, 6) is -0.646. The van der Waals surface area contributed by atoms with Crippen LogP contribution in [0.5, 0.6) is 0 Å². The molecular formula is C20H19Cl2FN2O2. The number of carbonyl (C=O) groups excluding carboxylic acids is 1. The van der Waals surface area contributed by atoms with Crippen molar-refractivity contribution in [3.05, 3.63) is 63.4 Å². The molecule has 7 heteroatoms. The molecule has 2 N–H and O–H groups in total. The molecule has 1 amide bonds. The average molecular weight is 409 g/mol. The molecule has 2 aromatic rings. The third-order valence-corrected chi connectivity index (χ3v) is 6.09.